The van der Waals surface area contributed by atoms with Gasteiger partial charge in [0.15, 0.2) is 0 Å². The van der Waals surface area contributed by atoms with Gasteiger partial charge < -0.3 is 5.32 Å². The van der Waals surface area contributed by atoms with Gasteiger partial charge >= 0.3 is 0 Å². The first-order valence-corrected chi connectivity index (χ1v) is 6.78. The first-order valence-electron chi connectivity index (χ1n) is 6.78. The molecule has 2 nitrogen and oxygen atoms in total. The van der Waals surface area contributed by atoms with Crippen LogP contribution in [-0.2, 0) is 0 Å². The van der Waals surface area contributed by atoms with Crippen molar-refractivity contribution in [1.29, 1.82) is 0 Å². The molecule has 1 N–H and O–H groups in total. The van der Waals surface area contributed by atoms with Gasteiger partial charge in [0, 0.05) is 12.1 Å². The smallest absolute Gasteiger partial charge is 0.0221 e. The van der Waals surface area contributed by atoms with Gasteiger partial charge in [-0.1, -0.05) is 13.3 Å². The van der Waals surface area contributed by atoms with Crippen LogP contribution in [0.4, 0.5) is 0 Å². The molecule has 2 atom stereocenters. The number of hydrogen-bond donors (Lipinski definition) is 1. The number of nitrogens with one attached hydrogen (secondary N) is 1. The fourth-order valence-corrected chi connectivity index (χ4v) is 3.15. The van der Waals surface area contributed by atoms with E-state index in [2.05, 4.69) is 24.1 Å². The molecule has 0 radical (unpaired) electrons. The topological polar surface area (TPSA) is 15.3 Å². The van der Waals surface area contributed by atoms with Crippen LogP contribution in [0, 0.1) is 5.92 Å². The normalized spacial score (nSPS) is 32.0. The van der Waals surface area contributed by atoms with Crippen LogP contribution < -0.4 is 5.32 Å². The molecule has 2 heteroatoms. The van der Waals surface area contributed by atoms with E-state index in [0.717, 1.165) is 18.0 Å². The zero-order chi connectivity index (χ0) is 10.7. The molecular weight excluding hydrogens is 184 g/mol. The van der Waals surface area contributed by atoms with Crippen molar-refractivity contribution in [3.8, 4) is 0 Å². The molecule has 0 amide bonds. The van der Waals surface area contributed by atoms with Gasteiger partial charge in [0.05, 0.1) is 0 Å². The van der Waals surface area contributed by atoms with E-state index in [1.54, 1.807) is 0 Å². The second kappa shape index (κ2) is 5.31. The molecule has 2 saturated heterocycles. The third kappa shape index (κ3) is 2.73. The van der Waals surface area contributed by atoms with E-state index in [1.165, 1.54) is 51.7 Å². The lowest BCUT2D eigenvalue weighted by atomic mass is 9.92. The maximum atomic E-state index is 3.64. The minimum atomic E-state index is 0.755. The van der Waals surface area contributed by atoms with Crippen LogP contribution in [0.2, 0.25) is 0 Å². The molecule has 0 aliphatic carbocycles. The molecule has 15 heavy (non-hydrogen) atoms. The molecule has 2 unspecified atom stereocenters. The van der Waals surface area contributed by atoms with Gasteiger partial charge in [-0.2, -0.15) is 0 Å². The van der Waals surface area contributed by atoms with Crippen LogP contribution in [0.5, 0.6) is 0 Å². The molecule has 88 valence electrons. The fraction of sp³-hybridized carbons (Fsp3) is 1.00. The van der Waals surface area contributed by atoms with Gasteiger partial charge in [0.25, 0.3) is 0 Å². The van der Waals surface area contributed by atoms with Crippen LogP contribution >= 0.6 is 0 Å². The maximum Gasteiger partial charge on any atom is 0.0221 e. The first-order chi connectivity index (χ1) is 7.31. The lowest BCUT2D eigenvalue weighted by molar-refractivity contribution is 0.119. The summed E-state index contributed by atoms with van der Waals surface area (Å²) in [5.74, 6) is 1.00. The lowest BCUT2D eigenvalue weighted by Gasteiger charge is -2.38. The summed E-state index contributed by atoms with van der Waals surface area (Å²) in [6.07, 6.45) is 6.99. The predicted octanol–water partition coefficient (Wildman–Crippen LogP) is 2.25. The first kappa shape index (κ1) is 11.4. The van der Waals surface area contributed by atoms with Gasteiger partial charge in [-0.25, -0.2) is 0 Å². The third-order valence-electron chi connectivity index (χ3n) is 4.48. The van der Waals surface area contributed by atoms with Gasteiger partial charge in [0.1, 0.15) is 0 Å². The van der Waals surface area contributed by atoms with Gasteiger partial charge in [0.2, 0.25) is 0 Å². The average molecular weight is 210 g/mol. The van der Waals surface area contributed by atoms with Gasteiger partial charge in [-0.05, 0) is 58.2 Å². The Hall–Kier alpha value is -0.0800. The van der Waals surface area contributed by atoms with Crippen molar-refractivity contribution in [1.82, 2.24) is 10.2 Å². The van der Waals surface area contributed by atoms with Crippen molar-refractivity contribution in [2.45, 2.75) is 58.0 Å². The van der Waals surface area contributed by atoms with Crippen molar-refractivity contribution < 1.29 is 0 Å². The predicted molar refractivity (Wildman–Crippen MR) is 65.1 cm³/mol. The second-order valence-corrected chi connectivity index (χ2v) is 5.33. The molecule has 2 fully saturated rings. The number of piperidine rings is 1. The van der Waals surface area contributed by atoms with Crippen molar-refractivity contribution in [2.24, 2.45) is 5.92 Å². The van der Waals surface area contributed by atoms with Crippen LogP contribution in [0.1, 0.15) is 46.0 Å². The summed E-state index contributed by atoms with van der Waals surface area (Å²) in [5, 5.41) is 3.64. The summed E-state index contributed by atoms with van der Waals surface area (Å²) in [7, 11) is 0. The van der Waals surface area contributed by atoms with E-state index in [0.29, 0.717) is 0 Å². The van der Waals surface area contributed by atoms with E-state index in [-0.39, 0.29) is 0 Å². The molecule has 0 aromatic heterocycles. The molecule has 2 heterocycles. The zero-order valence-electron chi connectivity index (χ0n) is 10.3. The molecule has 2 rings (SSSR count). The highest BCUT2D eigenvalue weighted by Crippen LogP contribution is 2.23. The van der Waals surface area contributed by atoms with E-state index in [1.807, 2.05) is 0 Å². The quantitative estimate of drug-likeness (QED) is 0.768. The Morgan fingerprint density at radius 3 is 2.53 bits per heavy atom. The van der Waals surface area contributed by atoms with Gasteiger partial charge in [-0.3, -0.25) is 4.90 Å². The minimum Gasteiger partial charge on any atom is -0.312 e. The highest BCUT2D eigenvalue weighted by Gasteiger charge is 2.28. The number of hydrogen-bond acceptors (Lipinski definition) is 2. The lowest BCUT2D eigenvalue weighted by Crippen LogP contribution is -2.48. The van der Waals surface area contributed by atoms with Crippen molar-refractivity contribution in [3.63, 3.8) is 0 Å². The van der Waals surface area contributed by atoms with Crippen LogP contribution in [-0.4, -0.2) is 36.6 Å². The van der Waals surface area contributed by atoms with Crippen LogP contribution in [0.25, 0.3) is 0 Å². The number of likely N-dealkylation sites (tertiary alicyclic amines) is 1. The summed E-state index contributed by atoms with van der Waals surface area (Å²) < 4.78 is 0. The molecule has 0 spiro atoms. The summed E-state index contributed by atoms with van der Waals surface area (Å²) in [6.45, 7) is 8.65. The highest BCUT2D eigenvalue weighted by atomic mass is 15.2. The molecule has 2 aliphatic heterocycles. The highest BCUT2D eigenvalue weighted by molar-refractivity contribution is 4.87. The summed E-state index contributed by atoms with van der Waals surface area (Å²) in [5.41, 5.74) is 0. The summed E-state index contributed by atoms with van der Waals surface area (Å²) in [4.78, 5) is 2.70. The Morgan fingerprint density at radius 1 is 1.27 bits per heavy atom. The fourth-order valence-electron chi connectivity index (χ4n) is 3.15. The SMILES string of the molecule is CCC1CCN(C(C)C2CCCN2)CC1. The van der Waals surface area contributed by atoms with E-state index in [9.17, 15) is 0 Å². The standard InChI is InChI=1S/C13H26N2/c1-3-12-6-9-15(10-7-12)11(2)13-5-4-8-14-13/h11-14H,3-10H2,1-2H3. The largest absolute Gasteiger partial charge is 0.312 e. The minimum absolute atomic E-state index is 0.755. The average Bonchev–Trinajstić information content (AvgIpc) is 2.82. The van der Waals surface area contributed by atoms with Crippen LogP contribution in [0.15, 0.2) is 0 Å². The summed E-state index contributed by atoms with van der Waals surface area (Å²) >= 11 is 0. The summed E-state index contributed by atoms with van der Waals surface area (Å²) in [6, 6.07) is 1.52. The molecule has 0 aromatic carbocycles. The van der Waals surface area contributed by atoms with E-state index >= 15 is 0 Å². The van der Waals surface area contributed by atoms with Crippen molar-refractivity contribution in [3.05, 3.63) is 0 Å². The second-order valence-electron chi connectivity index (χ2n) is 5.33. The Kier molecular flexibility index (Phi) is 4.04. The Balaban J connectivity index is 1.78. The van der Waals surface area contributed by atoms with Crippen molar-refractivity contribution in [2.75, 3.05) is 19.6 Å². The molecule has 2 aliphatic rings. The van der Waals surface area contributed by atoms with Gasteiger partial charge in [-0.15, -0.1) is 0 Å². The number of nitrogens with zero attached hydrogens (tertiary/aromatic N) is 1. The monoisotopic (exact) mass is 210 g/mol. The molecule has 0 bridgehead atoms. The Bertz CT molecular complexity index is 179. The van der Waals surface area contributed by atoms with E-state index < -0.39 is 0 Å². The maximum absolute atomic E-state index is 3.64. The Morgan fingerprint density at radius 2 is 2.00 bits per heavy atom. The van der Waals surface area contributed by atoms with Crippen molar-refractivity contribution >= 4 is 0 Å². The zero-order valence-corrected chi connectivity index (χ0v) is 10.3. The van der Waals surface area contributed by atoms with Crippen LogP contribution in [0.3, 0.4) is 0 Å². The molecule has 0 saturated carbocycles. The third-order valence-corrected chi connectivity index (χ3v) is 4.48. The number of rotatable bonds is 3. The molecule has 0 aromatic rings. The molecular formula is C13H26N2. The van der Waals surface area contributed by atoms with E-state index in [4.69, 9.17) is 0 Å². The Labute approximate surface area is 94.4 Å².